The number of nitrogens with one attached hydrogen (secondary N) is 2. The van der Waals surface area contributed by atoms with Gasteiger partial charge in [-0.3, -0.25) is 4.79 Å². The van der Waals surface area contributed by atoms with Crippen LogP contribution in [0, 0.1) is 0 Å². The first-order chi connectivity index (χ1) is 9.93. The van der Waals surface area contributed by atoms with Gasteiger partial charge in [-0.1, -0.05) is 35.0 Å². The van der Waals surface area contributed by atoms with E-state index in [9.17, 15) is 13.2 Å². The average molecular weight is 377 g/mol. The zero-order chi connectivity index (χ0) is 15.7. The lowest BCUT2D eigenvalue weighted by Crippen LogP contribution is -2.35. The highest BCUT2D eigenvalue weighted by Gasteiger charge is 2.17. The van der Waals surface area contributed by atoms with E-state index in [0.29, 0.717) is 18.7 Å². The van der Waals surface area contributed by atoms with E-state index in [4.69, 9.17) is 0 Å². The molecule has 1 aromatic carbocycles. The normalized spacial score (nSPS) is 11.3. The maximum atomic E-state index is 12.0. The molecular weight excluding hydrogens is 356 g/mol. The van der Waals surface area contributed by atoms with Gasteiger partial charge in [-0.25, -0.2) is 8.42 Å². The van der Waals surface area contributed by atoms with Crippen LogP contribution in [0.25, 0.3) is 0 Å². The molecule has 0 unspecified atom stereocenters. The molecule has 21 heavy (non-hydrogen) atoms. The van der Waals surface area contributed by atoms with E-state index < -0.39 is 21.5 Å². The lowest BCUT2D eigenvalue weighted by atomic mass is 10.2. The number of sulfone groups is 1. The molecular formula is C14H21BrN2O3S. The average Bonchev–Trinajstić information content (AvgIpc) is 2.37. The van der Waals surface area contributed by atoms with E-state index >= 15 is 0 Å². The second-order valence-electron chi connectivity index (χ2n) is 4.76. The lowest BCUT2D eigenvalue weighted by Gasteiger charge is -2.07. The number of hydrogen-bond acceptors (Lipinski definition) is 4. The van der Waals surface area contributed by atoms with Crippen LogP contribution in [-0.2, 0) is 20.4 Å². The number of carbonyl (C=O) groups excluding carboxylic acids is 1. The SMILES string of the molecule is CCCNCCNC(=O)CS(=O)(=O)Cc1cccc(Br)c1. The largest absolute Gasteiger partial charge is 0.354 e. The molecule has 0 radical (unpaired) electrons. The Bertz CT molecular complexity index is 561. The maximum Gasteiger partial charge on any atom is 0.235 e. The van der Waals surface area contributed by atoms with Crippen LogP contribution < -0.4 is 10.6 Å². The molecule has 0 atom stereocenters. The summed E-state index contributed by atoms with van der Waals surface area (Å²) in [5.74, 6) is -1.07. The van der Waals surface area contributed by atoms with Gasteiger partial charge in [-0.05, 0) is 30.7 Å². The fraction of sp³-hybridized carbons (Fsp3) is 0.500. The summed E-state index contributed by atoms with van der Waals surface area (Å²) in [4.78, 5) is 11.6. The van der Waals surface area contributed by atoms with Gasteiger partial charge >= 0.3 is 0 Å². The summed E-state index contributed by atoms with van der Waals surface area (Å²) < 4.78 is 24.8. The van der Waals surface area contributed by atoms with Crippen molar-refractivity contribution in [1.82, 2.24) is 10.6 Å². The second-order valence-corrected chi connectivity index (χ2v) is 7.74. The molecule has 0 saturated carbocycles. The zero-order valence-corrected chi connectivity index (χ0v) is 14.5. The van der Waals surface area contributed by atoms with Gasteiger partial charge in [0.1, 0.15) is 5.75 Å². The van der Waals surface area contributed by atoms with Crippen LogP contribution in [0.3, 0.4) is 0 Å². The van der Waals surface area contributed by atoms with Gasteiger partial charge in [0, 0.05) is 17.6 Å². The summed E-state index contributed by atoms with van der Waals surface area (Å²) in [5.41, 5.74) is 0.668. The van der Waals surface area contributed by atoms with Gasteiger partial charge in [-0.15, -0.1) is 0 Å². The van der Waals surface area contributed by atoms with Gasteiger partial charge < -0.3 is 10.6 Å². The Labute approximate surface area is 134 Å². The van der Waals surface area contributed by atoms with Crippen molar-refractivity contribution in [2.75, 3.05) is 25.4 Å². The number of rotatable bonds is 9. The van der Waals surface area contributed by atoms with E-state index in [-0.39, 0.29) is 5.75 Å². The number of carbonyl (C=O) groups is 1. The van der Waals surface area contributed by atoms with Crippen molar-refractivity contribution >= 4 is 31.7 Å². The van der Waals surface area contributed by atoms with E-state index in [1.165, 1.54) is 0 Å². The Kier molecular flexibility index (Phi) is 7.92. The molecule has 0 aliphatic rings. The van der Waals surface area contributed by atoms with Crippen molar-refractivity contribution in [2.45, 2.75) is 19.1 Å². The van der Waals surface area contributed by atoms with Crippen LogP contribution in [0.5, 0.6) is 0 Å². The number of benzene rings is 1. The van der Waals surface area contributed by atoms with Crippen molar-refractivity contribution in [2.24, 2.45) is 0 Å². The summed E-state index contributed by atoms with van der Waals surface area (Å²) in [6, 6.07) is 7.07. The third kappa shape index (κ3) is 8.18. The van der Waals surface area contributed by atoms with Crippen LogP contribution >= 0.6 is 15.9 Å². The number of amides is 1. The van der Waals surface area contributed by atoms with Gasteiger partial charge in [0.15, 0.2) is 9.84 Å². The van der Waals surface area contributed by atoms with Crippen LogP contribution in [0.2, 0.25) is 0 Å². The Morgan fingerprint density at radius 2 is 2.00 bits per heavy atom. The van der Waals surface area contributed by atoms with Gasteiger partial charge in [-0.2, -0.15) is 0 Å². The molecule has 5 nitrogen and oxygen atoms in total. The predicted molar refractivity (Wildman–Crippen MR) is 87.8 cm³/mol. The van der Waals surface area contributed by atoms with Gasteiger partial charge in [0.2, 0.25) is 5.91 Å². The molecule has 1 rings (SSSR count). The third-order valence-corrected chi connectivity index (χ3v) is 4.65. The molecule has 0 saturated heterocycles. The molecule has 2 N–H and O–H groups in total. The van der Waals surface area contributed by atoms with E-state index in [2.05, 4.69) is 33.5 Å². The molecule has 1 aromatic rings. The van der Waals surface area contributed by atoms with Crippen LogP contribution in [0.4, 0.5) is 0 Å². The topological polar surface area (TPSA) is 75.3 Å². The molecule has 0 spiro atoms. The Morgan fingerprint density at radius 1 is 1.24 bits per heavy atom. The molecule has 1 amide bonds. The van der Waals surface area contributed by atoms with E-state index in [0.717, 1.165) is 17.4 Å². The van der Waals surface area contributed by atoms with Crippen molar-refractivity contribution in [1.29, 1.82) is 0 Å². The van der Waals surface area contributed by atoms with E-state index in [1.54, 1.807) is 18.2 Å². The van der Waals surface area contributed by atoms with Gasteiger partial charge in [0.05, 0.1) is 5.75 Å². The van der Waals surface area contributed by atoms with Gasteiger partial charge in [0.25, 0.3) is 0 Å². The predicted octanol–water partition coefficient (Wildman–Crippen LogP) is 1.48. The van der Waals surface area contributed by atoms with Crippen molar-refractivity contribution in [3.63, 3.8) is 0 Å². The minimum atomic E-state index is -3.45. The second kappa shape index (κ2) is 9.17. The first-order valence-corrected chi connectivity index (χ1v) is 9.46. The Morgan fingerprint density at radius 3 is 2.67 bits per heavy atom. The highest BCUT2D eigenvalue weighted by molar-refractivity contribution is 9.10. The maximum absolute atomic E-state index is 12.0. The number of hydrogen-bond donors (Lipinski definition) is 2. The molecule has 7 heteroatoms. The zero-order valence-electron chi connectivity index (χ0n) is 12.1. The first kappa shape index (κ1) is 18.1. The monoisotopic (exact) mass is 376 g/mol. The molecule has 0 aliphatic carbocycles. The molecule has 118 valence electrons. The summed E-state index contributed by atoms with van der Waals surface area (Å²) in [6.45, 7) is 4.02. The molecule has 0 heterocycles. The molecule has 0 fully saturated rings. The van der Waals surface area contributed by atoms with Crippen LogP contribution in [-0.4, -0.2) is 39.7 Å². The van der Waals surface area contributed by atoms with Crippen molar-refractivity contribution in [3.8, 4) is 0 Å². The van der Waals surface area contributed by atoms with E-state index in [1.807, 2.05) is 6.07 Å². The quantitative estimate of drug-likeness (QED) is 0.640. The first-order valence-electron chi connectivity index (χ1n) is 6.85. The summed E-state index contributed by atoms with van der Waals surface area (Å²) in [6.07, 6.45) is 1.02. The molecule has 0 aromatic heterocycles. The highest BCUT2D eigenvalue weighted by Crippen LogP contribution is 2.14. The standard InChI is InChI=1S/C14H21BrN2O3S/c1-2-6-16-7-8-17-14(18)11-21(19,20)10-12-4-3-5-13(15)9-12/h3-5,9,16H,2,6-8,10-11H2,1H3,(H,17,18). The third-order valence-electron chi connectivity index (χ3n) is 2.68. The summed E-state index contributed by atoms with van der Waals surface area (Å²) in [7, 11) is -3.45. The van der Waals surface area contributed by atoms with Crippen LogP contribution in [0.15, 0.2) is 28.7 Å². The number of halogens is 1. The molecule has 0 aliphatic heterocycles. The fourth-order valence-corrected chi connectivity index (χ4v) is 3.51. The molecule has 0 bridgehead atoms. The summed E-state index contributed by atoms with van der Waals surface area (Å²) >= 11 is 3.29. The fourth-order valence-electron chi connectivity index (χ4n) is 1.77. The lowest BCUT2D eigenvalue weighted by molar-refractivity contribution is -0.118. The minimum Gasteiger partial charge on any atom is -0.354 e. The Balaban J connectivity index is 2.39. The van der Waals surface area contributed by atoms with Crippen molar-refractivity contribution in [3.05, 3.63) is 34.3 Å². The van der Waals surface area contributed by atoms with Crippen molar-refractivity contribution < 1.29 is 13.2 Å². The Hall–Kier alpha value is -0.920. The smallest absolute Gasteiger partial charge is 0.235 e. The minimum absolute atomic E-state index is 0.131. The summed E-state index contributed by atoms with van der Waals surface area (Å²) in [5, 5.41) is 5.73. The highest BCUT2D eigenvalue weighted by atomic mass is 79.9. The van der Waals surface area contributed by atoms with Crippen LogP contribution in [0.1, 0.15) is 18.9 Å².